The maximum Gasteiger partial charge on any atom is 0.305 e. The number of para-hydroxylation sites is 2. The summed E-state index contributed by atoms with van der Waals surface area (Å²) >= 11 is 1.77. The van der Waals surface area contributed by atoms with Crippen LogP contribution in [0.3, 0.4) is 0 Å². The molecule has 21 heavy (non-hydrogen) atoms. The molecule has 1 aromatic carbocycles. The molecule has 0 bridgehead atoms. The number of rotatable bonds is 7. The number of nitrogens with two attached hydrogens (primary N) is 1. The minimum absolute atomic E-state index is 0.0976. The molecule has 4 nitrogen and oxygen atoms in total. The average molecular weight is 304 g/mol. The summed E-state index contributed by atoms with van der Waals surface area (Å²) in [6.07, 6.45) is 1.12. The van der Waals surface area contributed by atoms with Crippen molar-refractivity contribution in [2.24, 2.45) is 0 Å². The fraction of sp³-hybridized carbons (Fsp3) is 0.312. The normalized spacial score (nSPS) is 10.5. The second kappa shape index (κ2) is 7.13. The van der Waals surface area contributed by atoms with E-state index in [0.717, 1.165) is 12.1 Å². The van der Waals surface area contributed by atoms with Crippen molar-refractivity contribution in [3.8, 4) is 0 Å². The lowest BCUT2D eigenvalue weighted by Gasteiger charge is -2.25. The fourth-order valence-electron chi connectivity index (χ4n) is 2.18. The third kappa shape index (κ3) is 4.23. The molecule has 2 aromatic rings. The van der Waals surface area contributed by atoms with Gasteiger partial charge in [-0.1, -0.05) is 19.1 Å². The minimum Gasteiger partial charge on any atom is -0.481 e. The highest BCUT2D eigenvalue weighted by Gasteiger charge is 2.13. The van der Waals surface area contributed by atoms with Gasteiger partial charge >= 0.3 is 5.97 Å². The van der Waals surface area contributed by atoms with Crippen LogP contribution in [-0.2, 0) is 17.8 Å². The maximum absolute atomic E-state index is 10.9. The van der Waals surface area contributed by atoms with Crippen LogP contribution < -0.4 is 10.6 Å². The molecule has 5 heteroatoms. The highest BCUT2D eigenvalue weighted by atomic mass is 32.1. The van der Waals surface area contributed by atoms with Crippen LogP contribution in [-0.4, -0.2) is 17.6 Å². The number of hydrogen-bond donors (Lipinski definition) is 2. The molecule has 0 aliphatic carbocycles. The van der Waals surface area contributed by atoms with Crippen molar-refractivity contribution >= 4 is 28.7 Å². The molecule has 0 amide bonds. The Kier molecular flexibility index (Phi) is 5.22. The third-order valence-corrected chi connectivity index (χ3v) is 4.50. The van der Waals surface area contributed by atoms with Crippen LogP contribution in [0.25, 0.3) is 0 Å². The monoisotopic (exact) mass is 304 g/mol. The van der Waals surface area contributed by atoms with Gasteiger partial charge in [0.1, 0.15) is 0 Å². The van der Waals surface area contributed by atoms with E-state index < -0.39 is 5.97 Å². The number of anilines is 2. The Bertz CT molecular complexity index is 610. The van der Waals surface area contributed by atoms with Crippen molar-refractivity contribution in [3.05, 3.63) is 46.2 Å². The van der Waals surface area contributed by atoms with E-state index in [9.17, 15) is 4.79 Å². The Balaban J connectivity index is 2.19. The zero-order valence-electron chi connectivity index (χ0n) is 12.1. The molecule has 112 valence electrons. The van der Waals surface area contributed by atoms with Crippen molar-refractivity contribution in [1.82, 2.24) is 0 Å². The molecule has 0 radical (unpaired) electrons. The summed E-state index contributed by atoms with van der Waals surface area (Å²) in [6.45, 7) is 3.27. The zero-order valence-corrected chi connectivity index (χ0v) is 12.9. The predicted molar refractivity (Wildman–Crippen MR) is 87.9 cm³/mol. The first-order valence-corrected chi connectivity index (χ1v) is 7.80. The number of nitrogen functional groups attached to an aromatic ring is 1. The van der Waals surface area contributed by atoms with Gasteiger partial charge in [0, 0.05) is 16.3 Å². The van der Waals surface area contributed by atoms with E-state index in [-0.39, 0.29) is 6.42 Å². The fourth-order valence-corrected chi connectivity index (χ4v) is 3.15. The molecule has 1 aromatic heterocycles. The second-order valence-corrected chi connectivity index (χ2v) is 6.10. The quantitative estimate of drug-likeness (QED) is 0.770. The van der Waals surface area contributed by atoms with Crippen LogP contribution in [0.4, 0.5) is 11.4 Å². The second-order valence-electron chi connectivity index (χ2n) is 4.85. The number of aryl methyl sites for hydroxylation is 1. The van der Waals surface area contributed by atoms with Gasteiger partial charge in [-0.15, -0.1) is 11.3 Å². The van der Waals surface area contributed by atoms with Crippen LogP contribution in [0.15, 0.2) is 36.4 Å². The highest BCUT2D eigenvalue weighted by Crippen LogP contribution is 2.27. The third-order valence-electron chi connectivity index (χ3n) is 3.29. The van der Waals surface area contributed by atoms with E-state index in [0.29, 0.717) is 18.8 Å². The number of aliphatic carboxylic acids is 1. The first-order chi connectivity index (χ1) is 10.1. The molecule has 0 saturated heterocycles. The Morgan fingerprint density at radius 3 is 2.57 bits per heavy atom. The standard InChI is InChI=1S/C16H20N2O2S/c1-2-12-7-8-13(21-12)11-18(10-9-16(19)20)15-6-4-3-5-14(15)17/h3-8H,2,9-11,17H2,1H3,(H,19,20). The van der Waals surface area contributed by atoms with Gasteiger partial charge in [-0.3, -0.25) is 4.79 Å². The summed E-state index contributed by atoms with van der Waals surface area (Å²) in [4.78, 5) is 15.5. The van der Waals surface area contributed by atoms with Gasteiger partial charge < -0.3 is 15.7 Å². The van der Waals surface area contributed by atoms with E-state index >= 15 is 0 Å². The van der Waals surface area contributed by atoms with Crippen LogP contribution >= 0.6 is 11.3 Å². The number of nitrogens with zero attached hydrogens (tertiary/aromatic N) is 1. The predicted octanol–water partition coefficient (Wildman–Crippen LogP) is 3.37. The SMILES string of the molecule is CCc1ccc(CN(CCC(=O)O)c2ccccc2N)s1. The van der Waals surface area contributed by atoms with Gasteiger partial charge in [-0.25, -0.2) is 0 Å². The molecule has 0 aliphatic rings. The topological polar surface area (TPSA) is 66.6 Å². The molecule has 0 fully saturated rings. The number of thiophene rings is 1. The summed E-state index contributed by atoms with van der Waals surface area (Å²) in [6, 6.07) is 11.8. The van der Waals surface area contributed by atoms with Gasteiger partial charge in [0.25, 0.3) is 0 Å². The van der Waals surface area contributed by atoms with Gasteiger partial charge in [0.15, 0.2) is 0 Å². The lowest BCUT2D eigenvalue weighted by molar-refractivity contribution is -0.136. The van der Waals surface area contributed by atoms with E-state index in [2.05, 4.69) is 19.1 Å². The lowest BCUT2D eigenvalue weighted by Crippen LogP contribution is -2.26. The van der Waals surface area contributed by atoms with Gasteiger partial charge in [0.2, 0.25) is 0 Å². The maximum atomic E-state index is 10.9. The molecule has 0 atom stereocenters. The Morgan fingerprint density at radius 2 is 1.95 bits per heavy atom. The van der Waals surface area contributed by atoms with E-state index in [1.54, 1.807) is 11.3 Å². The van der Waals surface area contributed by atoms with E-state index in [1.807, 2.05) is 29.2 Å². The van der Waals surface area contributed by atoms with Crippen LogP contribution in [0, 0.1) is 0 Å². The van der Waals surface area contributed by atoms with Crippen LogP contribution in [0.2, 0.25) is 0 Å². The first kappa shape index (κ1) is 15.4. The number of benzene rings is 1. The summed E-state index contributed by atoms with van der Waals surface area (Å²) in [5, 5.41) is 8.93. The number of carboxylic acid groups (broad SMARTS) is 1. The zero-order chi connectivity index (χ0) is 15.2. The highest BCUT2D eigenvalue weighted by molar-refractivity contribution is 7.12. The van der Waals surface area contributed by atoms with Crippen molar-refractivity contribution in [1.29, 1.82) is 0 Å². The Labute approximate surface area is 128 Å². The van der Waals surface area contributed by atoms with Crippen molar-refractivity contribution in [3.63, 3.8) is 0 Å². The van der Waals surface area contributed by atoms with Gasteiger partial charge in [-0.2, -0.15) is 0 Å². The van der Waals surface area contributed by atoms with Gasteiger partial charge in [-0.05, 0) is 30.7 Å². The number of carbonyl (C=O) groups is 1. The largest absolute Gasteiger partial charge is 0.481 e. The summed E-state index contributed by atoms with van der Waals surface area (Å²) < 4.78 is 0. The molecule has 1 heterocycles. The van der Waals surface area contributed by atoms with E-state index in [1.165, 1.54) is 9.75 Å². The summed E-state index contributed by atoms with van der Waals surface area (Å²) in [7, 11) is 0. The summed E-state index contributed by atoms with van der Waals surface area (Å²) in [5.41, 5.74) is 7.60. The molecular weight excluding hydrogens is 284 g/mol. The molecule has 0 unspecified atom stereocenters. The molecule has 0 saturated carbocycles. The Morgan fingerprint density at radius 1 is 1.24 bits per heavy atom. The molecule has 0 aliphatic heterocycles. The van der Waals surface area contributed by atoms with Crippen LogP contribution in [0.5, 0.6) is 0 Å². The Hall–Kier alpha value is -2.01. The molecule has 2 rings (SSSR count). The van der Waals surface area contributed by atoms with E-state index in [4.69, 9.17) is 10.8 Å². The van der Waals surface area contributed by atoms with Crippen molar-refractivity contribution < 1.29 is 9.90 Å². The average Bonchev–Trinajstić information content (AvgIpc) is 2.92. The first-order valence-electron chi connectivity index (χ1n) is 6.99. The summed E-state index contributed by atoms with van der Waals surface area (Å²) in [5.74, 6) is -0.796. The van der Waals surface area contributed by atoms with Crippen molar-refractivity contribution in [2.45, 2.75) is 26.3 Å². The smallest absolute Gasteiger partial charge is 0.305 e. The van der Waals surface area contributed by atoms with Gasteiger partial charge in [0.05, 0.1) is 24.3 Å². The number of hydrogen-bond acceptors (Lipinski definition) is 4. The molecule has 0 spiro atoms. The lowest BCUT2D eigenvalue weighted by atomic mass is 10.2. The number of carboxylic acids is 1. The van der Waals surface area contributed by atoms with Crippen LogP contribution in [0.1, 0.15) is 23.1 Å². The minimum atomic E-state index is -0.796. The molecular formula is C16H20N2O2S. The molecule has 3 N–H and O–H groups in total. The van der Waals surface area contributed by atoms with Crippen molar-refractivity contribution in [2.75, 3.05) is 17.2 Å².